The van der Waals surface area contributed by atoms with Gasteiger partial charge in [0.25, 0.3) is 0 Å². The topological polar surface area (TPSA) is 67.9 Å². The molecule has 6 heteroatoms. The van der Waals surface area contributed by atoms with Gasteiger partial charge in [-0.15, -0.1) is 0 Å². The van der Waals surface area contributed by atoms with Crippen LogP contribution in [-0.2, 0) is 9.47 Å². The van der Waals surface area contributed by atoms with Crippen molar-refractivity contribution in [1.29, 1.82) is 0 Å². The number of carbonyl (C=O) groups is 2. The first-order valence-electron chi connectivity index (χ1n) is 7.76. The number of piperidine rings is 1. The van der Waals surface area contributed by atoms with Gasteiger partial charge >= 0.3 is 12.2 Å². The van der Waals surface area contributed by atoms with Crippen LogP contribution in [0.1, 0.15) is 52.9 Å². The number of alkyl carbamates (subject to hydrolysis) is 1. The second kappa shape index (κ2) is 4.78. The van der Waals surface area contributed by atoms with Gasteiger partial charge in [-0.1, -0.05) is 0 Å². The standard InChI is InChI=1S/C15H24N2O4/c1-14(2,3)21-13(19)17-10-4-5-11(17)9-15(8-10)6-7-16-12(18)20-15/h10-11H,4-9H2,1-3H3,(H,16,18)/t10-,11-/m0/s1. The van der Waals surface area contributed by atoms with Gasteiger partial charge in [-0.3, -0.25) is 0 Å². The highest BCUT2D eigenvalue weighted by atomic mass is 16.6. The maximum Gasteiger partial charge on any atom is 0.410 e. The summed E-state index contributed by atoms with van der Waals surface area (Å²) >= 11 is 0. The van der Waals surface area contributed by atoms with Crippen LogP contribution in [-0.4, -0.2) is 46.9 Å². The van der Waals surface area contributed by atoms with E-state index in [0.717, 1.165) is 32.1 Å². The second-order valence-corrected chi connectivity index (χ2v) is 7.43. The van der Waals surface area contributed by atoms with Crippen LogP contribution in [0.3, 0.4) is 0 Å². The van der Waals surface area contributed by atoms with E-state index < -0.39 is 5.60 Å². The van der Waals surface area contributed by atoms with Crippen molar-refractivity contribution in [2.24, 2.45) is 0 Å². The summed E-state index contributed by atoms with van der Waals surface area (Å²) < 4.78 is 11.1. The molecule has 3 heterocycles. The molecule has 3 aliphatic rings. The minimum atomic E-state index is -0.479. The van der Waals surface area contributed by atoms with E-state index in [1.54, 1.807) is 0 Å². The number of nitrogens with one attached hydrogen (secondary N) is 1. The molecule has 6 nitrogen and oxygen atoms in total. The zero-order valence-electron chi connectivity index (χ0n) is 13.0. The Balaban J connectivity index is 1.72. The number of carbonyl (C=O) groups excluding carboxylic acids is 2. The van der Waals surface area contributed by atoms with Crippen molar-refractivity contribution >= 4 is 12.2 Å². The smallest absolute Gasteiger partial charge is 0.410 e. The van der Waals surface area contributed by atoms with Crippen molar-refractivity contribution in [3.05, 3.63) is 0 Å². The summed E-state index contributed by atoms with van der Waals surface area (Å²) in [6.07, 6.45) is 3.67. The SMILES string of the molecule is CC(C)(C)OC(=O)N1[C@H]2CC[C@H]1CC1(CCNC(=O)O1)C2. The maximum absolute atomic E-state index is 12.4. The highest BCUT2D eigenvalue weighted by Gasteiger charge is 2.53. The van der Waals surface area contributed by atoms with Gasteiger partial charge < -0.3 is 19.7 Å². The van der Waals surface area contributed by atoms with Gasteiger partial charge in [0.2, 0.25) is 0 Å². The second-order valence-electron chi connectivity index (χ2n) is 7.43. The summed E-state index contributed by atoms with van der Waals surface area (Å²) in [5.74, 6) is 0. The summed E-state index contributed by atoms with van der Waals surface area (Å²) in [7, 11) is 0. The first-order chi connectivity index (χ1) is 9.78. The van der Waals surface area contributed by atoms with Crippen LogP contribution in [0.15, 0.2) is 0 Å². The summed E-state index contributed by atoms with van der Waals surface area (Å²) in [6.45, 7) is 6.30. The van der Waals surface area contributed by atoms with Gasteiger partial charge in [-0.2, -0.15) is 0 Å². The van der Waals surface area contributed by atoms with Crippen LogP contribution in [0.5, 0.6) is 0 Å². The molecule has 21 heavy (non-hydrogen) atoms. The molecular formula is C15H24N2O4. The van der Waals surface area contributed by atoms with E-state index in [2.05, 4.69) is 5.32 Å². The predicted molar refractivity (Wildman–Crippen MR) is 75.9 cm³/mol. The lowest BCUT2D eigenvalue weighted by atomic mass is 9.82. The molecule has 3 saturated heterocycles. The van der Waals surface area contributed by atoms with E-state index in [1.807, 2.05) is 25.7 Å². The Bertz CT molecular complexity index is 443. The summed E-state index contributed by atoms with van der Waals surface area (Å²) in [4.78, 5) is 25.8. The number of ether oxygens (including phenoxy) is 2. The fraction of sp³-hybridized carbons (Fsp3) is 0.867. The first-order valence-corrected chi connectivity index (χ1v) is 7.76. The molecule has 3 rings (SSSR count). The van der Waals surface area contributed by atoms with E-state index >= 15 is 0 Å². The Hall–Kier alpha value is -1.46. The molecule has 0 saturated carbocycles. The van der Waals surface area contributed by atoms with Crippen molar-refractivity contribution in [2.45, 2.75) is 76.2 Å². The van der Waals surface area contributed by atoms with Crippen molar-refractivity contribution in [3.63, 3.8) is 0 Å². The fourth-order valence-electron chi connectivity index (χ4n) is 3.88. The number of amides is 2. The minimum Gasteiger partial charge on any atom is -0.444 e. The number of nitrogens with zero attached hydrogens (tertiary/aromatic N) is 1. The molecule has 118 valence electrons. The van der Waals surface area contributed by atoms with Crippen molar-refractivity contribution < 1.29 is 19.1 Å². The van der Waals surface area contributed by atoms with Crippen molar-refractivity contribution in [3.8, 4) is 0 Å². The van der Waals surface area contributed by atoms with Crippen LogP contribution in [0.2, 0.25) is 0 Å². The molecular weight excluding hydrogens is 272 g/mol. The average Bonchev–Trinajstić information content (AvgIpc) is 2.60. The third-order valence-electron chi connectivity index (χ3n) is 4.60. The Morgan fingerprint density at radius 2 is 1.95 bits per heavy atom. The lowest BCUT2D eigenvalue weighted by Crippen LogP contribution is -2.58. The van der Waals surface area contributed by atoms with E-state index in [1.165, 1.54) is 0 Å². The molecule has 0 aromatic heterocycles. The van der Waals surface area contributed by atoms with Gasteiger partial charge in [-0.25, -0.2) is 9.59 Å². The fourth-order valence-corrected chi connectivity index (χ4v) is 3.88. The molecule has 0 aliphatic carbocycles. The lowest BCUT2D eigenvalue weighted by molar-refractivity contribution is -0.0786. The van der Waals surface area contributed by atoms with Crippen LogP contribution >= 0.6 is 0 Å². The molecule has 0 unspecified atom stereocenters. The molecule has 1 spiro atoms. The van der Waals surface area contributed by atoms with Gasteiger partial charge in [0, 0.05) is 37.9 Å². The summed E-state index contributed by atoms with van der Waals surface area (Å²) in [5, 5.41) is 2.70. The highest BCUT2D eigenvalue weighted by molar-refractivity contribution is 5.71. The zero-order chi connectivity index (χ0) is 15.3. The summed E-state index contributed by atoms with van der Waals surface area (Å²) in [6, 6.07) is 0.258. The van der Waals surface area contributed by atoms with Crippen LogP contribution in [0, 0.1) is 0 Å². The monoisotopic (exact) mass is 296 g/mol. The third-order valence-corrected chi connectivity index (χ3v) is 4.60. The number of hydrogen-bond donors (Lipinski definition) is 1. The van der Waals surface area contributed by atoms with Gasteiger partial charge in [0.15, 0.2) is 0 Å². The van der Waals surface area contributed by atoms with E-state index in [0.29, 0.717) is 6.54 Å². The molecule has 2 atom stereocenters. The van der Waals surface area contributed by atoms with Crippen LogP contribution < -0.4 is 5.32 Å². The lowest BCUT2D eigenvalue weighted by Gasteiger charge is -2.47. The number of hydrogen-bond acceptors (Lipinski definition) is 4. The highest BCUT2D eigenvalue weighted by Crippen LogP contribution is 2.45. The molecule has 0 aromatic carbocycles. The van der Waals surface area contributed by atoms with Gasteiger partial charge in [0.1, 0.15) is 11.2 Å². The molecule has 2 amide bonds. The van der Waals surface area contributed by atoms with E-state index in [-0.39, 0.29) is 29.9 Å². The Morgan fingerprint density at radius 3 is 2.48 bits per heavy atom. The van der Waals surface area contributed by atoms with E-state index in [4.69, 9.17) is 9.47 Å². The minimum absolute atomic E-state index is 0.129. The molecule has 0 radical (unpaired) electrons. The molecule has 2 bridgehead atoms. The third kappa shape index (κ3) is 2.80. The number of fused-ring (bicyclic) bond motifs is 2. The Kier molecular flexibility index (Phi) is 3.30. The molecule has 3 fully saturated rings. The molecule has 0 aromatic rings. The van der Waals surface area contributed by atoms with Crippen LogP contribution in [0.4, 0.5) is 9.59 Å². The Morgan fingerprint density at radius 1 is 1.33 bits per heavy atom. The van der Waals surface area contributed by atoms with Crippen LogP contribution in [0.25, 0.3) is 0 Å². The Labute approximate surface area is 125 Å². The molecule has 3 aliphatic heterocycles. The van der Waals surface area contributed by atoms with Crippen molar-refractivity contribution in [2.75, 3.05) is 6.54 Å². The zero-order valence-corrected chi connectivity index (χ0v) is 13.0. The quantitative estimate of drug-likeness (QED) is 0.745. The van der Waals surface area contributed by atoms with E-state index in [9.17, 15) is 9.59 Å². The maximum atomic E-state index is 12.4. The summed E-state index contributed by atoms with van der Waals surface area (Å²) in [5.41, 5.74) is -0.862. The normalized spacial score (nSPS) is 35.4. The first kappa shape index (κ1) is 14.5. The van der Waals surface area contributed by atoms with Crippen molar-refractivity contribution in [1.82, 2.24) is 10.2 Å². The number of rotatable bonds is 0. The average molecular weight is 296 g/mol. The van der Waals surface area contributed by atoms with Gasteiger partial charge in [0.05, 0.1) is 0 Å². The largest absolute Gasteiger partial charge is 0.444 e. The predicted octanol–water partition coefficient (Wildman–Crippen LogP) is 2.42. The molecule has 1 N–H and O–H groups in total. The van der Waals surface area contributed by atoms with Gasteiger partial charge in [-0.05, 0) is 33.6 Å².